The first-order valence-corrected chi connectivity index (χ1v) is 14.9. The molecule has 9 heteroatoms. The van der Waals surface area contributed by atoms with Crippen LogP contribution in [-0.4, -0.2) is 88.8 Å². The van der Waals surface area contributed by atoms with E-state index in [-0.39, 0.29) is 13.2 Å². The van der Waals surface area contributed by atoms with E-state index < -0.39 is 18.1 Å². The van der Waals surface area contributed by atoms with Crippen molar-refractivity contribution < 1.29 is 14.9 Å². The van der Waals surface area contributed by atoms with Gasteiger partial charge in [-0.2, -0.15) is 0 Å². The van der Waals surface area contributed by atoms with Gasteiger partial charge in [0.25, 0.3) is 0 Å². The average molecular weight is 583 g/mol. The average Bonchev–Trinajstić information content (AvgIpc) is 2.97. The number of rotatable bonds is 18. The molecule has 0 bridgehead atoms. The van der Waals surface area contributed by atoms with E-state index in [1.54, 1.807) is 7.11 Å². The number of benzene rings is 2. The van der Waals surface area contributed by atoms with Crippen molar-refractivity contribution in [3.05, 3.63) is 65.4 Å². The van der Waals surface area contributed by atoms with Crippen LogP contribution in [0.5, 0.6) is 5.75 Å². The van der Waals surface area contributed by atoms with E-state index in [2.05, 4.69) is 71.8 Å². The molecule has 2 aromatic rings. The second kappa shape index (κ2) is 17.8. The molecule has 2 rings (SSSR count). The lowest BCUT2D eigenvalue weighted by Crippen LogP contribution is -2.48. The highest BCUT2D eigenvalue weighted by Crippen LogP contribution is 2.37. The summed E-state index contributed by atoms with van der Waals surface area (Å²) in [6.45, 7) is 6.12. The summed E-state index contributed by atoms with van der Waals surface area (Å²) in [5.74, 6) is 0.209. The second-order valence-corrected chi connectivity index (χ2v) is 11.0. The molecular formula is C33H54N6O3. The molecule has 0 fully saturated rings. The van der Waals surface area contributed by atoms with Crippen LogP contribution in [0.25, 0.3) is 16.8 Å². The molecule has 234 valence electrons. The highest BCUT2D eigenvalue weighted by atomic mass is 16.5. The van der Waals surface area contributed by atoms with Gasteiger partial charge in [0.1, 0.15) is 5.75 Å². The van der Waals surface area contributed by atoms with Crippen molar-refractivity contribution in [1.82, 2.24) is 15.5 Å². The molecule has 9 nitrogen and oxygen atoms in total. The lowest BCUT2D eigenvalue weighted by Gasteiger charge is -2.31. The minimum atomic E-state index is -0.895. The Morgan fingerprint density at radius 1 is 1.07 bits per heavy atom. The number of para-hydroxylation sites is 1. The van der Waals surface area contributed by atoms with Crippen LogP contribution in [0.15, 0.2) is 54.2 Å². The van der Waals surface area contributed by atoms with Crippen LogP contribution in [-0.2, 0) is 6.54 Å². The van der Waals surface area contributed by atoms with E-state index >= 15 is 0 Å². The molecule has 3 atom stereocenters. The standard InChI is InChI=1S/C33H54N6O3/c1-8-11-29(35)32(28(22-40)31(41)20-34)37-21-23-13-10-14-27(33(23)42-7)24-17-25(19-26(18-24)39(5)6)30(12-9-2)36-15-16-38(3)4/h10-14,17-19,28,31-32,36-37,40-41H,8-9,15-16,20-22,34-35H2,1-7H3/b29-11-,30-12+. The first-order chi connectivity index (χ1) is 20.1. The van der Waals surface area contributed by atoms with Gasteiger partial charge < -0.3 is 46.9 Å². The monoisotopic (exact) mass is 582 g/mol. The zero-order valence-corrected chi connectivity index (χ0v) is 26.7. The molecule has 0 aliphatic carbocycles. The number of allylic oxidation sites excluding steroid dienone is 2. The van der Waals surface area contributed by atoms with E-state index in [4.69, 9.17) is 16.2 Å². The number of methoxy groups -OCH3 is 1. The smallest absolute Gasteiger partial charge is 0.131 e. The third-order valence-corrected chi connectivity index (χ3v) is 7.33. The normalized spacial score (nSPS) is 14.5. The zero-order valence-electron chi connectivity index (χ0n) is 26.7. The third-order valence-electron chi connectivity index (χ3n) is 7.33. The van der Waals surface area contributed by atoms with Crippen molar-refractivity contribution in [2.24, 2.45) is 17.4 Å². The van der Waals surface area contributed by atoms with Gasteiger partial charge in [-0.15, -0.1) is 0 Å². The van der Waals surface area contributed by atoms with Crippen LogP contribution in [0.3, 0.4) is 0 Å². The Hall–Kier alpha value is -3.08. The number of likely N-dealkylation sites (N-methyl/N-ethyl adjacent to an activating group) is 1. The van der Waals surface area contributed by atoms with Crippen molar-refractivity contribution in [3.8, 4) is 16.9 Å². The fourth-order valence-corrected chi connectivity index (χ4v) is 5.01. The highest BCUT2D eigenvalue weighted by Gasteiger charge is 2.29. The van der Waals surface area contributed by atoms with Crippen molar-refractivity contribution in [1.29, 1.82) is 0 Å². The first-order valence-electron chi connectivity index (χ1n) is 14.9. The number of aliphatic hydroxyl groups is 2. The molecule has 0 radical (unpaired) electrons. The summed E-state index contributed by atoms with van der Waals surface area (Å²) >= 11 is 0. The van der Waals surface area contributed by atoms with Crippen LogP contribution in [0, 0.1) is 5.92 Å². The number of anilines is 1. The predicted octanol–water partition coefficient (Wildman–Crippen LogP) is 2.97. The molecular weight excluding hydrogens is 528 g/mol. The number of nitrogens with zero attached hydrogens (tertiary/aromatic N) is 2. The molecule has 0 saturated carbocycles. The van der Waals surface area contributed by atoms with E-state index in [9.17, 15) is 10.2 Å². The maximum Gasteiger partial charge on any atom is 0.131 e. The minimum Gasteiger partial charge on any atom is -0.496 e. The lowest BCUT2D eigenvalue weighted by molar-refractivity contribution is 0.0567. The van der Waals surface area contributed by atoms with Crippen LogP contribution >= 0.6 is 0 Å². The number of nitrogens with two attached hydrogens (primary N) is 2. The van der Waals surface area contributed by atoms with Crippen molar-refractivity contribution in [2.75, 3.05) is 66.4 Å². The quantitative estimate of drug-likeness (QED) is 0.157. The Morgan fingerprint density at radius 3 is 2.36 bits per heavy atom. The summed E-state index contributed by atoms with van der Waals surface area (Å²) < 4.78 is 6.01. The lowest BCUT2D eigenvalue weighted by atomic mass is 9.91. The summed E-state index contributed by atoms with van der Waals surface area (Å²) in [6, 6.07) is 12.2. The van der Waals surface area contributed by atoms with Gasteiger partial charge in [-0.3, -0.25) is 0 Å². The van der Waals surface area contributed by atoms with Gasteiger partial charge in [-0.25, -0.2) is 0 Å². The zero-order chi connectivity index (χ0) is 31.2. The van der Waals surface area contributed by atoms with Gasteiger partial charge in [-0.05, 0) is 56.3 Å². The topological polar surface area (TPSA) is 132 Å². The van der Waals surface area contributed by atoms with Crippen LogP contribution in [0.4, 0.5) is 5.69 Å². The van der Waals surface area contributed by atoms with Gasteiger partial charge in [0, 0.05) is 74.4 Å². The maximum absolute atomic E-state index is 10.5. The van der Waals surface area contributed by atoms with Crippen molar-refractivity contribution in [2.45, 2.75) is 45.4 Å². The summed E-state index contributed by atoms with van der Waals surface area (Å²) in [5, 5.41) is 27.7. The number of ether oxygens (including phenoxy) is 1. The molecule has 2 aromatic carbocycles. The predicted molar refractivity (Wildman–Crippen MR) is 176 cm³/mol. The Bertz CT molecular complexity index is 1160. The largest absolute Gasteiger partial charge is 0.496 e. The van der Waals surface area contributed by atoms with E-state index in [1.165, 1.54) is 0 Å². The summed E-state index contributed by atoms with van der Waals surface area (Å²) in [4.78, 5) is 4.28. The van der Waals surface area contributed by atoms with Gasteiger partial charge >= 0.3 is 0 Å². The molecule has 0 spiro atoms. The number of aliphatic hydroxyl groups excluding tert-OH is 2. The third kappa shape index (κ3) is 9.74. The van der Waals surface area contributed by atoms with Gasteiger partial charge in [0.15, 0.2) is 0 Å². The van der Waals surface area contributed by atoms with Gasteiger partial charge in [0.2, 0.25) is 0 Å². The fraction of sp³-hybridized carbons (Fsp3) is 0.515. The van der Waals surface area contributed by atoms with Gasteiger partial charge in [-0.1, -0.05) is 44.2 Å². The molecule has 3 unspecified atom stereocenters. The second-order valence-electron chi connectivity index (χ2n) is 11.0. The molecule has 0 amide bonds. The molecule has 42 heavy (non-hydrogen) atoms. The van der Waals surface area contributed by atoms with Crippen LogP contribution in [0.2, 0.25) is 0 Å². The SMILES string of the molecule is CC/C=C(\N)C(NCc1cccc(-c2cc(/C(=C\CC)NCCN(C)C)cc(N(C)C)c2)c1OC)C(CO)C(O)CN. The van der Waals surface area contributed by atoms with E-state index in [0.717, 1.165) is 65.3 Å². The van der Waals surface area contributed by atoms with E-state index in [1.807, 2.05) is 39.2 Å². The van der Waals surface area contributed by atoms with Crippen molar-refractivity contribution >= 4 is 11.4 Å². The molecule has 0 heterocycles. The Kier molecular flexibility index (Phi) is 14.9. The Morgan fingerprint density at radius 2 is 1.79 bits per heavy atom. The summed E-state index contributed by atoms with van der Waals surface area (Å²) in [7, 11) is 9.92. The van der Waals surface area contributed by atoms with Gasteiger partial charge in [0.05, 0.1) is 25.9 Å². The molecule has 8 N–H and O–H groups in total. The van der Waals surface area contributed by atoms with Crippen LogP contribution < -0.4 is 31.7 Å². The molecule has 0 aromatic heterocycles. The van der Waals surface area contributed by atoms with Crippen molar-refractivity contribution in [3.63, 3.8) is 0 Å². The maximum atomic E-state index is 10.5. The summed E-state index contributed by atoms with van der Waals surface area (Å²) in [5.41, 5.74) is 19.0. The Balaban J connectivity index is 2.54. The fourth-order valence-electron chi connectivity index (χ4n) is 5.01. The molecule has 0 aliphatic heterocycles. The minimum absolute atomic E-state index is 0.0324. The number of hydrogen-bond acceptors (Lipinski definition) is 9. The van der Waals surface area contributed by atoms with E-state index in [0.29, 0.717) is 12.2 Å². The number of hydrogen-bond donors (Lipinski definition) is 6. The summed E-state index contributed by atoms with van der Waals surface area (Å²) in [6.07, 6.45) is 4.89. The highest BCUT2D eigenvalue weighted by molar-refractivity contribution is 5.80. The molecule has 0 saturated heterocycles. The molecule has 0 aliphatic rings. The first kappa shape index (κ1) is 35.1. The Labute approximate surface area is 253 Å². The van der Waals surface area contributed by atoms with Crippen LogP contribution in [0.1, 0.15) is 37.8 Å². The number of nitrogens with one attached hydrogen (secondary N) is 2.